The number of rotatable bonds is 5. The van der Waals surface area contributed by atoms with E-state index in [1.165, 1.54) is 7.11 Å². The van der Waals surface area contributed by atoms with Crippen molar-refractivity contribution in [1.82, 2.24) is 15.0 Å². The summed E-state index contributed by atoms with van der Waals surface area (Å²) >= 11 is 6.60. The van der Waals surface area contributed by atoms with Gasteiger partial charge >= 0.3 is 5.97 Å². The van der Waals surface area contributed by atoms with Crippen LogP contribution < -0.4 is 4.74 Å². The fraction of sp³-hybridized carbons (Fsp3) is 0.0741. The Kier molecular flexibility index (Phi) is 5.74. The molecule has 0 atom stereocenters. The van der Waals surface area contributed by atoms with Gasteiger partial charge in [-0.1, -0.05) is 48.0 Å². The number of H-pyrrole nitrogens is 1. The fourth-order valence-corrected chi connectivity index (χ4v) is 4.03. The molecule has 0 bridgehead atoms. The number of carbonyl (C=O) groups excluding carboxylic acids is 1. The first-order valence-corrected chi connectivity index (χ1v) is 11.0. The van der Waals surface area contributed by atoms with Crippen LogP contribution in [-0.4, -0.2) is 28.0 Å². The molecule has 0 spiro atoms. The summed E-state index contributed by atoms with van der Waals surface area (Å²) in [5.74, 6) is 0.0564. The van der Waals surface area contributed by atoms with E-state index >= 15 is 0 Å². The Morgan fingerprint density at radius 3 is 2.50 bits per heavy atom. The van der Waals surface area contributed by atoms with Crippen molar-refractivity contribution in [1.29, 1.82) is 0 Å². The Morgan fingerprint density at radius 1 is 0.971 bits per heavy atom. The van der Waals surface area contributed by atoms with Gasteiger partial charge in [0.05, 0.1) is 28.7 Å². The Morgan fingerprint density at radius 2 is 1.76 bits per heavy atom. The summed E-state index contributed by atoms with van der Waals surface area (Å²) in [5.41, 5.74) is 6.68. The highest BCUT2D eigenvalue weighted by Crippen LogP contribution is 2.34. The van der Waals surface area contributed by atoms with E-state index in [1.807, 2.05) is 61.7 Å². The van der Waals surface area contributed by atoms with E-state index in [2.05, 4.69) is 15.0 Å². The van der Waals surface area contributed by atoms with E-state index in [4.69, 9.17) is 21.1 Å². The highest BCUT2D eigenvalue weighted by molar-refractivity contribution is 6.34. The number of ether oxygens (including phenoxy) is 2. The summed E-state index contributed by atoms with van der Waals surface area (Å²) in [6.07, 6.45) is 3.59. The zero-order valence-corrected chi connectivity index (χ0v) is 19.3. The van der Waals surface area contributed by atoms with Crippen molar-refractivity contribution in [2.75, 3.05) is 7.11 Å². The second-order valence-electron chi connectivity index (χ2n) is 7.78. The highest BCUT2D eigenvalue weighted by Gasteiger charge is 2.14. The minimum absolute atomic E-state index is 0.301. The second kappa shape index (κ2) is 9.00. The molecule has 0 saturated heterocycles. The number of halogens is 1. The van der Waals surface area contributed by atoms with E-state index in [1.54, 1.807) is 24.4 Å². The monoisotopic (exact) mass is 469 g/mol. The van der Waals surface area contributed by atoms with Gasteiger partial charge < -0.3 is 14.5 Å². The molecule has 5 aromatic rings. The molecular formula is C27H20ClN3O3. The number of methoxy groups -OCH3 is 1. The van der Waals surface area contributed by atoms with Crippen molar-refractivity contribution in [3.8, 4) is 34.0 Å². The average molecular weight is 470 g/mol. The molecular weight excluding hydrogens is 450 g/mol. The maximum absolute atomic E-state index is 12.0. The summed E-state index contributed by atoms with van der Waals surface area (Å²) < 4.78 is 10.7. The number of nitrogens with one attached hydrogen (secondary N) is 1. The normalized spacial score (nSPS) is 10.9. The fourth-order valence-electron chi connectivity index (χ4n) is 3.76. The topological polar surface area (TPSA) is 77.1 Å². The number of nitrogens with zero attached hydrogens (tertiary/aromatic N) is 2. The summed E-state index contributed by atoms with van der Waals surface area (Å²) in [6, 6.07) is 21.3. The number of hydrogen-bond donors (Lipinski definition) is 1. The van der Waals surface area contributed by atoms with Crippen molar-refractivity contribution in [3.05, 3.63) is 95.3 Å². The highest BCUT2D eigenvalue weighted by atomic mass is 35.5. The molecule has 0 fully saturated rings. The Hall–Kier alpha value is -4.16. The number of fused-ring (bicyclic) bond motifs is 1. The summed E-state index contributed by atoms with van der Waals surface area (Å²) in [6.45, 7) is 1.84. The molecule has 0 radical (unpaired) electrons. The number of hydrogen-bond acceptors (Lipinski definition) is 5. The summed E-state index contributed by atoms with van der Waals surface area (Å²) in [7, 11) is 1.35. The maximum Gasteiger partial charge on any atom is 0.338 e. The van der Waals surface area contributed by atoms with Crippen LogP contribution in [-0.2, 0) is 4.74 Å². The molecule has 2 aromatic heterocycles. The van der Waals surface area contributed by atoms with Crippen LogP contribution in [0.2, 0.25) is 5.02 Å². The molecule has 168 valence electrons. The molecule has 7 heteroatoms. The van der Waals surface area contributed by atoms with E-state index in [9.17, 15) is 4.79 Å². The predicted octanol–water partition coefficient (Wildman–Crippen LogP) is 6.83. The first-order valence-electron chi connectivity index (χ1n) is 10.6. The molecule has 0 aliphatic heterocycles. The zero-order chi connectivity index (χ0) is 23.7. The first-order chi connectivity index (χ1) is 16.5. The van der Waals surface area contributed by atoms with Gasteiger partial charge in [0.25, 0.3) is 6.01 Å². The van der Waals surface area contributed by atoms with Crippen molar-refractivity contribution in [3.63, 3.8) is 0 Å². The van der Waals surface area contributed by atoms with Crippen molar-refractivity contribution < 1.29 is 14.3 Å². The van der Waals surface area contributed by atoms with Gasteiger partial charge in [0.1, 0.15) is 5.75 Å². The van der Waals surface area contributed by atoms with Gasteiger partial charge in [0.2, 0.25) is 0 Å². The lowest BCUT2D eigenvalue weighted by Crippen LogP contribution is -2.04. The quantitative estimate of drug-likeness (QED) is 0.285. The van der Waals surface area contributed by atoms with Gasteiger partial charge in [-0.2, -0.15) is 4.98 Å². The minimum Gasteiger partial charge on any atom is -0.465 e. The molecule has 1 N–H and O–H groups in total. The Balaban J connectivity index is 1.44. The molecule has 34 heavy (non-hydrogen) atoms. The maximum atomic E-state index is 12.0. The molecule has 2 heterocycles. The van der Waals surface area contributed by atoms with Gasteiger partial charge in [-0.25, -0.2) is 4.79 Å². The number of imidazole rings is 1. The number of aromatic amines is 1. The van der Waals surface area contributed by atoms with Crippen molar-refractivity contribution in [2.45, 2.75) is 6.92 Å². The molecule has 0 aliphatic rings. The van der Waals surface area contributed by atoms with E-state index in [-0.39, 0.29) is 0 Å². The van der Waals surface area contributed by atoms with Crippen LogP contribution in [0.5, 0.6) is 11.8 Å². The zero-order valence-electron chi connectivity index (χ0n) is 18.5. The third kappa shape index (κ3) is 4.23. The lowest BCUT2D eigenvalue weighted by atomic mass is 10.0. The number of carbonyl (C=O) groups is 1. The van der Waals surface area contributed by atoms with Crippen LogP contribution in [0.25, 0.3) is 33.3 Å². The third-order valence-electron chi connectivity index (χ3n) is 5.57. The van der Waals surface area contributed by atoms with Crippen molar-refractivity contribution >= 4 is 28.6 Å². The SMILES string of the molecule is COC(=O)c1cc(Oc2nc3cc(-c4ccc(-c5cccnc5)cc4)c(Cl)cc3[nH]2)ccc1C. The number of benzene rings is 3. The van der Waals surface area contributed by atoms with Crippen LogP contribution in [0.4, 0.5) is 0 Å². The molecule has 6 nitrogen and oxygen atoms in total. The smallest absolute Gasteiger partial charge is 0.338 e. The summed E-state index contributed by atoms with van der Waals surface area (Å²) in [5, 5.41) is 0.597. The predicted molar refractivity (Wildman–Crippen MR) is 132 cm³/mol. The van der Waals surface area contributed by atoms with Gasteiger partial charge in [-0.15, -0.1) is 0 Å². The van der Waals surface area contributed by atoms with Crippen LogP contribution >= 0.6 is 11.6 Å². The van der Waals surface area contributed by atoms with Gasteiger partial charge in [-0.05, 0) is 59.5 Å². The lowest BCUT2D eigenvalue weighted by Gasteiger charge is -2.07. The minimum atomic E-state index is -0.418. The molecule has 0 saturated carbocycles. The van der Waals surface area contributed by atoms with Crippen LogP contribution in [0.1, 0.15) is 15.9 Å². The second-order valence-corrected chi connectivity index (χ2v) is 8.19. The Labute approximate surface area is 201 Å². The number of esters is 1. The largest absolute Gasteiger partial charge is 0.465 e. The summed E-state index contributed by atoms with van der Waals surface area (Å²) in [4.78, 5) is 23.8. The van der Waals surface area contributed by atoms with Crippen LogP contribution in [0.15, 0.2) is 79.1 Å². The van der Waals surface area contributed by atoms with Crippen LogP contribution in [0, 0.1) is 6.92 Å². The van der Waals surface area contributed by atoms with Gasteiger partial charge in [0, 0.05) is 18.0 Å². The molecule has 0 unspecified atom stereocenters. The number of aryl methyl sites for hydroxylation is 1. The number of pyridine rings is 1. The molecule has 5 rings (SSSR count). The third-order valence-corrected chi connectivity index (χ3v) is 5.88. The molecule has 0 amide bonds. The van der Waals surface area contributed by atoms with E-state index in [0.29, 0.717) is 27.9 Å². The number of aromatic nitrogens is 3. The molecule has 3 aromatic carbocycles. The average Bonchev–Trinajstić information content (AvgIpc) is 3.25. The first kappa shape index (κ1) is 21.7. The molecule has 0 aliphatic carbocycles. The Bertz CT molecular complexity index is 1500. The van der Waals surface area contributed by atoms with Gasteiger partial charge in [-0.3, -0.25) is 4.98 Å². The van der Waals surface area contributed by atoms with E-state index < -0.39 is 5.97 Å². The van der Waals surface area contributed by atoms with E-state index in [0.717, 1.165) is 33.3 Å². The standard InChI is InChI=1S/C27H20ClN3O3/c1-16-5-10-20(12-21(16)26(32)33-2)34-27-30-24-13-22(23(28)14-25(24)31-27)18-8-6-17(7-9-18)19-4-3-11-29-15-19/h3-15H,1-2H3,(H,30,31). The lowest BCUT2D eigenvalue weighted by molar-refractivity contribution is 0.0599. The van der Waals surface area contributed by atoms with Crippen molar-refractivity contribution in [2.24, 2.45) is 0 Å². The van der Waals surface area contributed by atoms with Crippen LogP contribution in [0.3, 0.4) is 0 Å². The van der Waals surface area contributed by atoms with Gasteiger partial charge in [0.15, 0.2) is 0 Å².